The first-order chi connectivity index (χ1) is 9.15. The van der Waals surface area contributed by atoms with Crippen molar-refractivity contribution < 1.29 is 4.42 Å². The van der Waals surface area contributed by atoms with Crippen LogP contribution in [0.4, 0.5) is 5.69 Å². The van der Waals surface area contributed by atoms with Gasteiger partial charge < -0.3 is 10.2 Å². The van der Waals surface area contributed by atoms with Gasteiger partial charge in [0.25, 0.3) is 0 Å². The molecule has 2 N–H and O–H groups in total. The second-order valence-electron chi connectivity index (χ2n) is 4.55. The van der Waals surface area contributed by atoms with Crippen LogP contribution in [-0.4, -0.2) is 0 Å². The zero-order valence-corrected chi connectivity index (χ0v) is 10.5. The molecule has 3 aromatic rings. The smallest absolute Gasteiger partial charge is 0.193 e. The first-order valence-corrected chi connectivity index (χ1v) is 6.04. The van der Waals surface area contributed by atoms with Gasteiger partial charge >= 0.3 is 0 Å². The van der Waals surface area contributed by atoms with Gasteiger partial charge in [0.2, 0.25) is 0 Å². The van der Waals surface area contributed by atoms with E-state index in [0.717, 1.165) is 11.1 Å². The molecule has 3 rings (SSSR count). The highest BCUT2D eigenvalue weighted by atomic mass is 16.3. The van der Waals surface area contributed by atoms with Gasteiger partial charge in [0, 0.05) is 17.3 Å². The van der Waals surface area contributed by atoms with Crippen LogP contribution in [-0.2, 0) is 0 Å². The Bertz CT molecular complexity index is 818. The second-order valence-corrected chi connectivity index (χ2v) is 4.55. The molecule has 0 aliphatic heterocycles. The molecule has 0 spiro atoms. The highest BCUT2D eigenvalue weighted by Crippen LogP contribution is 2.25. The predicted octanol–water partition coefficient (Wildman–Crippen LogP) is 3.35. The van der Waals surface area contributed by atoms with Crippen LogP contribution in [0.5, 0.6) is 0 Å². The topological polar surface area (TPSA) is 56.2 Å². The molecule has 0 saturated heterocycles. The third-order valence-electron chi connectivity index (χ3n) is 3.12. The zero-order valence-electron chi connectivity index (χ0n) is 10.5. The number of hydrogen-bond donors (Lipinski definition) is 1. The summed E-state index contributed by atoms with van der Waals surface area (Å²) in [5, 5.41) is 0.604. The summed E-state index contributed by atoms with van der Waals surface area (Å²) in [6.45, 7) is 1.93. The average Bonchev–Trinajstić information content (AvgIpc) is 2.40. The summed E-state index contributed by atoms with van der Waals surface area (Å²) < 4.78 is 5.86. The fourth-order valence-corrected chi connectivity index (χ4v) is 2.15. The third-order valence-corrected chi connectivity index (χ3v) is 3.12. The standard InChI is InChI=1S/C16H13NO2/c1-10-4-2-7-13-14(18)9-15(19-16(10)13)11-5-3-6-12(17)8-11/h2-9H,17H2,1H3. The van der Waals surface area contributed by atoms with E-state index in [2.05, 4.69) is 0 Å². The van der Waals surface area contributed by atoms with Crippen LogP contribution in [0.3, 0.4) is 0 Å². The molecule has 1 aromatic heterocycles. The van der Waals surface area contributed by atoms with Gasteiger partial charge in [-0.05, 0) is 30.7 Å². The SMILES string of the molecule is Cc1cccc2c(=O)cc(-c3cccc(N)c3)oc12. The molecule has 0 radical (unpaired) electrons. The third kappa shape index (κ3) is 1.99. The molecule has 0 unspecified atom stereocenters. The Morgan fingerprint density at radius 2 is 1.84 bits per heavy atom. The van der Waals surface area contributed by atoms with E-state index in [0.29, 0.717) is 22.4 Å². The molecule has 94 valence electrons. The Labute approximate surface area is 110 Å². The minimum Gasteiger partial charge on any atom is -0.456 e. The Hall–Kier alpha value is -2.55. The lowest BCUT2D eigenvalue weighted by atomic mass is 10.1. The largest absolute Gasteiger partial charge is 0.456 e. The van der Waals surface area contributed by atoms with E-state index in [4.69, 9.17) is 10.2 Å². The van der Waals surface area contributed by atoms with Crippen molar-refractivity contribution in [1.29, 1.82) is 0 Å². The average molecular weight is 251 g/mol. The number of aryl methyl sites for hydroxylation is 1. The Kier molecular flexibility index (Phi) is 2.60. The normalized spacial score (nSPS) is 10.8. The molecule has 0 amide bonds. The van der Waals surface area contributed by atoms with Crippen molar-refractivity contribution in [3.63, 3.8) is 0 Å². The van der Waals surface area contributed by atoms with Crippen molar-refractivity contribution >= 4 is 16.7 Å². The Balaban J connectivity index is 2.32. The van der Waals surface area contributed by atoms with E-state index >= 15 is 0 Å². The quantitative estimate of drug-likeness (QED) is 0.675. The molecular formula is C16H13NO2. The maximum Gasteiger partial charge on any atom is 0.193 e. The van der Waals surface area contributed by atoms with Gasteiger partial charge in [0.15, 0.2) is 5.43 Å². The highest BCUT2D eigenvalue weighted by Gasteiger charge is 2.08. The highest BCUT2D eigenvalue weighted by molar-refractivity contribution is 5.81. The zero-order chi connectivity index (χ0) is 13.4. The van der Waals surface area contributed by atoms with Crippen LogP contribution in [0.2, 0.25) is 0 Å². The fraction of sp³-hybridized carbons (Fsp3) is 0.0625. The van der Waals surface area contributed by atoms with Crippen molar-refractivity contribution in [2.75, 3.05) is 5.73 Å². The van der Waals surface area contributed by atoms with Crippen LogP contribution < -0.4 is 11.2 Å². The van der Waals surface area contributed by atoms with Crippen molar-refractivity contribution in [3.8, 4) is 11.3 Å². The Morgan fingerprint density at radius 3 is 2.63 bits per heavy atom. The number of rotatable bonds is 1. The number of para-hydroxylation sites is 1. The maximum absolute atomic E-state index is 12.1. The van der Waals surface area contributed by atoms with Gasteiger partial charge in [0.05, 0.1) is 5.39 Å². The predicted molar refractivity (Wildman–Crippen MR) is 77.1 cm³/mol. The Morgan fingerprint density at radius 1 is 1.05 bits per heavy atom. The number of fused-ring (bicyclic) bond motifs is 1. The molecule has 3 heteroatoms. The summed E-state index contributed by atoms with van der Waals surface area (Å²) >= 11 is 0. The van der Waals surface area contributed by atoms with E-state index in [-0.39, 0.29) is 5.43 Å². The fourth-order valence-electron chi connectivity index (χ4n) is 2.15. The molecular weight excluding hydrogens is 238 g/mol. The summed E-state index contributed by atoms with van der Waals surface area (Å²) in [6, 6.07) is 14.4. The van der Waals surface area contributed by atoms with E-state index in [9.17, 15) is 4.79 Å². The van der Waals surface area contributed by atoms with E-state index in [1.54, 1.807) is 18.2 Å². The molecule has 19 heavy (non-hydrogen) atoms. The lowest BCUT2D eigenvalue weighted by Crippen LogP contribution is -2.01. The van der Waals surface area contributed by atoms with Crippen molar-refractivity contribution in [3.05, 3.63) is 64.3 Å². The molecule has 2 aromatic carbocycles. The summed E-state index contributed by atoms with van der Waals surface area (Å²) in [4.78, 5) is 12.1. The molecule has 0 bridgehead atoms. The molecule has 1 heterocycles. The minimum atomic E-state index is -0.0395. The van der Waals surface area contributed by atoms with Crippen molar-refractivity contribution in [1.82, 2.24) is 0 Å². The van der Waals surface area contributed by atoms with E-state index in [1.165, 1.54) is 6.07 Å². The first-order valence-electron chi connectivity index (χ1n) is 6.04. The minimum absolute atomic E-state index is 0.0395. The second kappa shape index (κ2) is 4.28. The number of benzene rings is 2. The monoisotopic (exact) mass is 251 g/mol. The summed E-state index contributed by atoms with van der Waals surface area (Å²) in [5.41, 5.74) is 8.75. The molecule has 0 aliphatic rings. The van der Waals surface area contributed by atoms with Crippen LogP contribution in [0, 0.1) is 6.92 Å². The van der Waals surface area contributed by atoms with E-state index in [1.807, 2.05) is 31.2 Å². The molecule has 0 aliphatic carbocycles. The number of hydrogen-bond acceptors (Lipinski definition) is 3. The van der Waals surface area contributed by atoms with Gasteiger partial charge in [-0.15, -0.1) is 0 Å². The van der Waals surface area contributed by atoms with Gasteiger partial charge in [-0.25, -0.2) is 0 Å². The molecule has 3 nitrogen and oxygen atoms in total. The number of nitrogens with two attached hydrogens (primary N) is 1. The van der Waals surface area contributed by atoms with Gasteiger partial charge in [0.1, 0.15) is 11.3 Å². The molecule has 0 atom stereocenters. The van der Waals surface area contributed by atoms with Crippen LogP contribution in [0.15, 0.2) is 57.7 Å². The van der Waals surface area contributed by atoms with Gasteiger partial charge in [-0.3, -0.25) is 4.79 Å². The van der Waals surface area contributed by atoms with Crippen LogP contribution >= 0.6 is 0 Å². The first kappa shape index (κ1) is 11.5. The van der Waals surface area contributed by atoms with Crippen LogP contribution in [0.25, 0.3) is 22.3 Å². The summed E-state index contributed by atoms with van der Waals surface area (Å²) in [5.74, 6) is 0.541. The van der Waals surface area contributed by atoms with Crippen LogP contribution in [0.1, 0.15) is 5.56 Å². The van der Waals surface area contributed by atoms with Gasteiger partial charge in [-0.1, -0.05) is 24.3 Å². The van der Waals surface area contributed by atoms with E-state index < -0.39 is 0 Å². The molecule has 0 fully saturated rings. The lowest BCUT2D eigenvalue weighted by Gasteiger charge is -2.05. The lowest BCUT2D eigenvalue weighted by molar-refractivity contribution is 0.616. The molecule has 0 saturated carbocycles. The van der Waals surface area contributed by atoms with Crippen molar-refractivity contribution in [2.45, 2.75) is 6.92 Å². The van der Waals surface area contributed by atoms with Crippen molar-refractivity contribution in [2.24, 2.45) is 0 Å². The number of anilines is 1. The number of nitrogen functional groups attached to an aromatic ring is 1. The summed E-state index contributed by atoms with van der Waals surface area (Å²) in [7, 11) is 0. The van der Waals surface area contributed by atoms with Gasteiger partial charge in [-0.2, -0.15) is 0 Å². The maximum atomic E-state index is 12.1. The summed E-state index contributed by atoms with van der Waals surface area (Å²) in [6.07, 6.45) is 0.